The van der Waals surface area contributed by atoms with E-state index >= 15 is 0 Å². The Morgan fingerprint density at radius 3 is 2.55 bits per heavy atom. The molecule has 2 aromatic rings. The normalized spacial score (nSPS) is 11.9. The number of rotatable bonds is 7. The van der Waals surface area contributed by atoms with Gasteiger partial charge < -0.3 is 5.32 Å². The van der Waals surface area contributed by atoms with Gasteiger partial charge in [-0.05, 0) is 31.4 Å². The quantitative estimate of drug-likeness (QED) is 0.838. The SMILES string of the molecule is Cc1cccc(CSC(C)C(=O)NCCc2ccccc2)c1. The second-order valence-electron chi connectivity index (χ2n) is 5.47. The number of carbonyl (C=O) groups is 1. The average Bonchev–Trinajstić information content (AvgIpc) is 2.53. The summed E-state index contributed by atoms with van der Waals surface area (Å²) in [7, 11) is 0. The predicted molar refractivity (Wildman–Crippen MR) is 95.1 cm³/mol. The first-order valence-corrected chi connectivity index (χ1v) is 8.69. The minimum absolute atomic E-state index is 0.0312. The second-order valence-corrected chi connectivity index (χ2v) is 6.80. The van der Waals surface area contributed by atoms with Gasteiger partial charge in [-0.15, -0.1) is 11.8 Å². The summed E-state index contributed by atoms with van der Waals surface area (Å²) < 4.78 is 0. The summed E-state index contributed by atoms with van der Waals surface area (Å²) >= 11 is 1.68. The summed E-state index contributed by atoms with van der Waals surface area (Å²) in [6, 6.07) is 18.7. The van der Waals surface area contributed by atoms with Crippen molar-refractivity contribution in [2.75, 3.05) is 6.54 Å². The maximum atomic E-state index is 12.1. The van der Waals surface area contributed by atoms with Gasteiger partial charge >= 0.3 is 0 Å². The molecule has 0 aliphatic rings. The molecule has 2 nitrogen and oxygen atoms in total. The van der Waals surface area contributed by atoms with Gasteiger partial charge in [-0.25, -0.2) is 0 Å². The number of amides is 1. The zero-order valence-corrected chi connectivity index (χ0v) is 14.0. The number of hydrogen-bond acceptors (Lipinski definition) is 2. The van der Waals surface area contributed by atoms with Crippen molar-refractivity contribution in [3.05, 3.63) is 71.3 Å². The Morgan fingerprint density at radius 2 is 1.82 bits per heavy atom. The Labute approximate surface area is 137 Å². The molecule has 2 aromatic carbocycles. The molecule has 0 fully saturated rings. The lowest BCUT2D eigenvalue weighted by molar-refractivity contribution is -0.120. The lowest BCUT2D eigenvalue weighted by Gasteiger charge is -2.12. The Morgan fingerprint density at radius 1 is 1.09 bits per heavy atom. The maximum absolute atomic E-state index is 12.1. The van der Waals surface area contributed by atoms with E-state index in [1.165, 1.54) is 16.7 Å². The van der Waals surface area contributed by atoms with Gasteiger partial charge in [0, 0.05) is 12.3 Å². The zero-order chi connectivity index (χ0) is 15.8. The molecule has 0 bridgehead atoms. The first-order chi connectivity index (χ1) is 10.6. The van der Waals surface area contributed by atoms with Gasteiger partial charge in [0.15, 0.2) is 0 Å². The summed E-state index contributed by atoms with van der Waals surface area (Å²) in [5.41, 5.74) is 3.79. The number of thioether (sulfide) groups is 1. The van der Waals surface area contributed by atoms with E-state index < -0.39 is 0 Å². The number of nitrogens with one attached hydrogen (secondary N) is 1. The van der Waals surface area contributed by atoms with Crippen LogP contribution in [-0.4, -0.2) is 17.7 Å². The van der Waals surface area contributed by atoms with Crippen molar-refractivity contribution in [1.82, 2.24) is 5.32 Å². The highest BCUT2D eigenvalue weighted by Gasteiger charge is 2.12. The first-order valence-electron chi connectivity index (χ1n) is 7.64. The van der Waals surface area contributed by atoms with Crippen molar-refractivity contribution in [3.8, 4) is 0 Å². The Hall–Kier alpha value is -1.74. The summed E-state index contributed by atoms with van der Waals surface area (Å²) in [6.07, 6.45) is 0.877. The van der Waals surface area contributed by atoms with Gasteiger partial charge in [-0.3, -0.25) is 4.79 Å². The van der Waals surface area contributed by atoms with Gasteiger partial charge in [0.25, 0.3) is 0 Å². The minimum atomic E-state index is -0.0312. The van der Waals surface area contributed by atoms with Gasteiger partial charge in [-0.1, -0.05) is 60.2 Å². The molecule has 1 atom stereocenters. The fraction of sp³-hybridized carbons (Fsp3) is 0.316. The van der Waals surface area contributed by atoms with Crippen LogP contribution in [-0.2, 0) is 17.0 Å². The average molecular weight is 313 g/mol. The Kier molecular flexibility index (Phi) is 6.53. The third kappa shape index (κ3) is 5.57. The summed E-state index contributed by atoms with van der Waals surface area (Å²) in [4.78, 5) is 12.1. The van der Waals surface area contributed by atoms with Gasteiger partial charge in [0.05, 0.1) is 5.25 Å². The minimum Gasteiger partial charge on any atom is -0.355 e. The van der Waals surface area contributed by atoms with Crippen molar-refractivity contribution in [2.45, 2.75) is 31.3 Å². The smallest absolute Gasteiger partial charge is 0.232 e. The van der Waals surface area contributed by atoms with Crippen LogP contribution in [0.2, 0.25) is 0 Å². The molecule has 0 saturated heterocycles. The van der Waals surface area contributed by atoms with E-state index in [1.807, 2.05) is 25.1 Å². The Balaban J connectivity index is 1.70. The topological polar surface area (TPSA) is 29.1 Å². The highest BCUT2D eigenvalue weighted by atomic mass is 32.2. The van der Waals surface area contributed by atoms with Crippen molar-refractivity contribution in [2.24, 2.45) is 0 Å². The standard InChI is InChI=1S/C19H23NOS/c1-15-7-6-10-18(13-15)14-22-16(2)19(21)20-12-11-17-8-4-3-5-9-17/h3-10,13,16H,11-12,14H2,1-2H3,(H,20,21). The molecule has 3 heteroatoms. The summed E-state index contributed by atoms with van der Waals surface area (Å²) in [6.45, 7) is 4.75. The lowest BCUT2D eigenvalue weighted by atomic mass is 10.1. The van der Waals surface area contributed by atoms with Crippen LogP contribution in [0.1, 0.15) is 23.6 Å². The lowest BCUT2D eigenvalue weighted by Crippen LogP contribution is -2.32. The van der Waals surface area contributed by atoms with Crippen LogP contribution < -0.4 is 5.32 Å². The molecular formula is C19H23NOS. The zero-order valence-electron chi connectivity index (χ0n) is 13.2. The molecule has 1 unspecified atom stereocenters. The van der Waals surface area contributed by atoms with Gasteiger partial charge in [0.2, 0.25) is 5.91 Å². The van der Waals surface area contributed by atoms with Gasteiger partial charge in [0.1, 0.15) is 0 Å². The maximum Gasteiger partial charge on any atom is 0.232 e. The van der Waals surface area contributed by atoms with Gasteiger partial charge in [-0.2, -0.15) is 0 Å². The number of aryl methyl sites for hydroxylation is 1. The molecule has 1 amide bonds. The molecule has 0 aliphatic heterocycles. The van der Waals surface area contributed by atoms with Crippen LogP contribution in [0.3, 0.4) is 0 Å². The second kappa shape index (κ2) is 8.64. The van der Waals surface area contributed by atoms with Crippen LogP contribution in [0.4, 0.5) is 0 Å². The molecule has 2 rings (SSSR count). The number of benzene rings is 2. The molecule has 0 radical (unpaired) electrons. The molecule has 0 saturated carbocycles. The highest BCUT2D eigenvalue weighted by Crippen LogP contribution is 2.18. The van der Waals surface area contributed by atoms with Crippen LogP contribution in [0, 0.1) is 6.92 Å². The number of carbonyl (C=O) groups excluding carboxylic acids is 1. The van der Waals surface area contributed by atoms with E-state index in [0.29, 0.717) is 6.54 Å². The molecule has 0 aliphatic carbocycles. The van der Waals surface area contributed by atoms with E-state index in [9.17, 15) is 4.79 Å². The monoisotopic (exact) mass is 313 g/mol. The van der Waals surface area contributed by atoms with Crippen LogP contribution in [0.25, 0.3) is 0 Å². The van der Waals surface area contributed by atoms with Crippen LogP contribution in [0.5, 0.6) is 0 Å². The third-order valence-electron chi connectivity index (χ3n) is 3.51. The van der Waals surface area contributed by atoms with Crippen LogP contribution in [0.15, 0.2) is 54.6 Å². The van der Waals surface area contributed by atoms with Crippen molar-refractivity contribution in [3.63, 3.8) is 0 Å². The molecule has 116 valence electrons. The fourth-order valence-corrected chi connectivity index (χ4v) is 3.07. The third-order valence-corrected chi connectivity index (χ3v) is 4.72. The van der Waals surface area contributed by atoms with E-state index in [1.54, 1.807) is 11.8 Å². The largest absolute Gasteiger partial charge is 0.355 e. The fourth-order valence-electron chi connectivity index (χ4n) is 2.22. The highest BCUT2D eigenvalue weighted by molar-refractivity contribution is 7.99. The Bertz CT molecular complexity index is 597. The van der Waals surface area contributed by atoms with E-state index in [0.717, 1.165) is 12.2 Å². The van der Waals surface area contributed by atoms with Crippen molar-refractivity contribution in [1.29, 1.82) is 0 Å². The molecular weight excluding hydrogens is 290 g/mol. The molecule has 1 N–H and O–H groups in total. The summed E-state index contributed by atoms with van der Waals surface area (Å²) in [5.74, 6) is 0.989. The van der Waals surface area contributed by atoms with Crippen molar-refractivity contribution >= 4 is 17.7 Å². The molecule has 0 heterocycles. The van der Waals surface area contributed by atoms with E-state index in [-0.39, 0.29) is 11.2 Å². The van der Waals surface area contributed by atoms with Crippen LogP contribution >= 0.6 is 11.8 Å². The van der Waals surface area contributed by atoms with Crippen molar-refractivity contribution < 1.29 is 4.79 Å². The summed E-state index contributed by atoms with van der Waals surface area (Å²) in [5, 5.41) is 2.99. The van der Waals surface area contributed by atoms with E-state index in [2.05, 4.69) is 48.6 Å². The molecule has 0 aromatic heterocycles. The van der Waals surface area contributed by atoms with E-state index in [4.69, 9.17) is 0 Å². The molecule has 0 spiro atoms. The molecule has 22 heavy (non-hydrogen) atoms. The number of hydrogen-bond donors (Lipinski definition) is 1. The first kappa shape index (κ1) is 16.6. The predicted octanol–water partition coefficient (Wildman–Crippen LogP) is 3.98.